The number of aromatic nitrogens is 2. The van der Waals surface area contributed by atoms with Crippen molar-refractivity contribution in [1.29, 1.82) is 0 Å². The highest BCUT2D eigenvalue weighted by Gasteiger charge is 2.35. The lowest BCUT2D eigenvalue weighted by atomic mass is 10.2. The third-order valence-electron chi connectivity index (χ3n) is 3.10. The second-order valence-corrected chi connectivity index (χ2v) is 5.22. The number of rotatable bonds is 2. The maximum atomic E-state index is 13.2. The fourth-order valence-electron chi connectivity index (χ4n) is 2.08. The zero-order chi connectivity index (χ0) is 17.5. The number of hydrogen-bond donors (Lipinski definition) is 1. The van der Waals surface area contributed by atoms with E-state index >= 15 is 0 Å². The molecule has 2 aromatic carbocycles. The molecule has 124 valence electrons. The number of fused-ring (bicyclic) bond motifs is 1. The predicted molar refractivity (Wildman–Crippen MR) is 79.2 cm³/mol. The van der Waals surface area contributed by atoms with Gasteiger partial charge in [-0.15, -0.1) is 0 Å². The average molecular weight is 360 g/mol. The van der Waals surface area contributed by atoms with Crippen LogP contribution in [-0.4, -0.2) is 9.97 Å². The summed E-state index contributed by atoms with van der Waals surface area (Å²) >= 11 is 5.62. The molecule has 0 spiro atoms. The van der Waals surface area contributed by atoms with Crippen molar-refractivity contribution < 1.29 is 22.0 Å². The SMILES string of the molecule is Fc1ccc2nc(Nc3ccc(F)c(Cl)c3)nc(C(F)(F)F)c2c1. The maximum absolute atomic E-state index is 13.2. The highest BCUT2D eigenvalue weighted by Crippen LogP contribution is 2.34. The number of nitrogens with zero attached hydrogens (tertiary/aromatic N) is 2. The molecule has 0 amide bonds. The molecular weight excluding hydrogens is 353 g/mol. The van der Waals surface area contributed by atoms with Crippen LogP contribution in [0.1, 0.15) is 5.69 Å². The van der Waals surface area contributed by atoms with Crippen molar-refractivity contribution >= 4 is 34.1 Å². The van der Waals surface area contributed by atoms with E-state index in [1.807, 2.05) is 0 Å². The molecule has 3 rings (SSSR count). The van der Waals surface area contributed by atoms with Gasteiger partial charge in [-0.2, -0.15) is 13.2 Å². The molecule has 0 saturated heterocycles. The standard InChI is InChI=1S/C15H7ClF5N3/c16-10-6-8(2-3-11(10)18)22-14-23-12-4-1-7(17)5-9(12)13(24-14)15(19,20)21/h1-6H,(H,22,23,24). The first-order chi connectivity index (χ1) is 11.2. The zero-order valence-electron chi connectivity index (χ0n) is 11.6. The summed E-state index contributed by atoms with van der Waals surface area (Å²) in [6, 6.07) is 6.33. The van der Waals surface area contributed by atoms with Crippen LogP contribution in [0.25, 0.3) is 10.9 Å². The lowest BCUT2D eigenvalue weighted by Gasteiger charge is -2.12. The maximum Gasteiger partial charge on any atom is 0.434 e. The summed E-state index contributed by atoms with van der Waals surface area (Å²) in [5.74, 6) is -1.88. The Morgan fingerprint density at radius 2 is 1.71 bits per heavy atom. The van der Waals surface area contributed by atoms with E-state index in [9.17, 15) is 22.0 Å². The minimum atomic E-state index is -4.80. The molecule has 0 saturated carbocycles. The molecule has 3 nitrogen and oxygen atoms in total. The molecule has 1 heterocycles. The summed E-state index contributed by atoms with van der Waals surface area (Å²) in [6.07, 6.45) is -4.80. The van der Waals surface area contributed by atoms with E-state index in [1.165, 1.54) is 12.1 Å². The molecule has 0 fully saturated rings. The van der Waals surface area contributed by atoms with Gasteiger partial charge in [-0.05, 0) is 36.4 Å². The van der Waals surface area contributed by atoms with Gasteiger partial charge in [-0.1, -0.05) is 11.6 Å². The third kappa shape index (κ3) is 3.23. The highest BCUT2D eigenvalue weighted by molar-refractivity contribution is 6.31. The number of halogens is 6. The Labute approximate surface area is 137 Å². The van der Waals surface area contributed by atoms with Crippen LogP contribution in [-0.2, 0) is 6.18 Å². The van der Waals surface area contributed by atoms with E-state index in [0.29, 0.717) is 0 Å². The molecule has 9 heteroatoms. The summed E-state index contributed by atoms with van der Waals surface area (Å²) < 4.78 is 65.9. The monoisotopic (exact) mass is 359 g/mol. The van der Waals surface area contributed by atoms with E-state index in [-0.39, 0.29) is 22.2 Å². The molecule has 0 radical (unpaired) electrons. The quantitative estimate of drug-likeness (QED) is 0.629. The number of anilines is 2. The second-order valence-electron chi connectivity index (χ2n) is 4.81. The van der Waals surface area contributed by atoms with Gasteiger partial charge in [-0.25, -0.2) is 18.7 Å². The van der Waals surface area contributed by atoms with E-state index in [2.05, 4.69) is 15.3 Å². The molecular formula is C15H7ClF5N3. The van der Waals surface area contributed by atoms with Crippen LogP contribution in [0.5, 0.6) is 0 Å². The van der Waals surface area contributed by atoms with Crippen LogP contribution in [0.4, 0.5) is 33.6 Å². The minimum Gasteiger partial charge on any atom is -0.324 e. The van der Waals surface area contributed by atoms with Gasteiger partial charge < -0.3 is 5.32 Å². The molecule has 0 aliphatic heterocycles. The van der Waals surface area contributed by atoms with Gasteiger partial charge in [0.15, 0.2) is 5.69 Å². The zero-order valence-corrected chi connectivity index (χ0v) is 12.4. The van der Waals surface area contributed by atoms with Crippen molar-refractivity contribution in [3.63, 3.8) is 0 Å². The molecule has 0 atom stereocenters. The predicted octanol–water partition coefficient (Wildman–Crippen LogP) is 5.32. The fraction of sp³-hybridized carbons (Fsp3) is 0.0667. The number of benzene rings is 2. The van der Waals surface area contributed by atoms with Gasteiger partial charge in [0.05, 0.1) is 10.5 Å². The van der Waals surface area contributed by atoms with Gasteiger partial charge in [0.2, 0.25) is 5.95 Å². The van der Waals surface area contributed by atoms with Crippen LogP contribution >= 0.6 is 11.6 Å². The molecule has 1 aromatic heterocycles. The van der Waals surface area contributed by atoms with Crippen molar-refractivity contribution in [2.75, 3.05) is 5.32 Å². The Hall–Kier alpha value is -2.48. The molecule has 0 aliphatic rings. The molecule has 0 unspecified atom stereocenters. The lowest BCUT2D eigenvalue weighted by Crippen LogP contribution is -2.12. The first kappa shape index (κ1) is 16.4. The molecule has 3 aromatic rings. The van der Waals surface area contributed by atoms with Gasteiger partial charge in [0.1, 0.15) is 11.6 Å². The summed E-state index contributed by atoms with van der Waals surface area (Å²) in [5, 5.41) is 1.86. The lowest BCUT2D eigenvalue weighted by molar-refractivity contribution is -0.139. The topological polar surface area (TPSA) is 37.8 Å². The smallest absolute Gasteiger partial charge is 0.324 e. The summed E-state index contributed by atoms with van der Waals surface area (Å²) in [5.41, 5.74) is -1.16. The summed E-state index contributed by atoms with van der Waals surface area (Å²) in [6.45, 7) is 0. The molecule has 24 heavy (non-hydrogen) atoms. The van der Waals surface area contributed by atoms with E-state index in [4.69, 9.17) is 11.6 Å². The third-order valence-corrected chi connectivity index (χ3v) is 3.39. The highest BCUT2D eigenvalue weighted by atomic mass is 35.5. The Morgan fingerprint density at radius 1 is 0.958 bits per heavy atom. The van der Waals surface area contributed by atoms with Crippen LogP contribution in [0.15, 0.2) is 36.4 Å². The minimum absolute atomic E-state index is 0.0885. The van der Waals surface area contributed by atoms with Gasteiger partial charge >= 0.3 is 6.18 Å². The summed E-state index contributed by atoms with van der Waals surface area (Å²) in [4.78, 5) is 7.32. The molecule has 0 aliphatic carbocycles. The molecule has 1 N–H and O–H groups in total. The largest absolute Gasteiger partial charge is 0.434 e. The fourth-order valence-corrected chi connectivity index (χ4v) is 2.26. The van der Waals surface area contributed by atoms with Crippen molar-refractivity contribution in [2.24, 2.45) is 0 Å². The van der Waals surface area contributed by atoms with Crippen molar-refractivity contribution in [1.82, 2.24) is 9.97 Å². The Morgan fingerprint density at radius 3 is 2.38 bits per heavy atom. The van der Waals surface area contributed by atoms with Crippen LogP contribution in [0, 0.1) is 11.6 Å². The number of hydrogen-bond acceptors (Lipinski definition) is 3. The summed E-state index contributed by atoms with van der Waals surface area (Å²) in [7, 11) is 0. The Kier molecular flexibility index (Phi) is 4.00. The van der Waals surface area contributed by atoms with Crippen molar-refractivity contribution in [2.45, 2.75) is 6.18 Å². The van der Waals surface area contributed by atoms with Crippen LogP contribution in [0.3, 0.4) is 0 Å². The van der Waals surface area contributed by atoms with Gasteiger partial charge in [-0.3, -0.25) is 0 Å². The van der Waals surface area contributed by atoms with E-state index in [1.54, 1.807) is 0 Å². The van der Waals surface area contributed by atoms with E-state index in [0.717, 1.165) is 24.3 Å². The first-order valence-corrected chi connectivity index (χ1v) is 6.88. The van der Waals surface area contributed by atoms with Crippen LogP contribution < -0.4 is 5.32 Å². The number of alkyl halides is 3. The van der Waals surface area contributed by atoms with Crippen molar-refractivity contribution in [3.05, 3.63) is 58.7 Å². The second kappa shape index (κ2) is 5.86. The Balaban J connectivity index is 2.11. The van der Waals surface area contributed by atoms with Crippen molar-refractivity contribution in [3.8, 4) is 0 Å². The van der Waals surface area contributed by atoms with Gasteiger partial charge in [0, 0.05) is 11.1 Å². The first-order valence-electron chi connectivity index (χ1n) is 6.50. The van der Waals surface area contributed by atoms with Crippen LogP contribution in [0.2, 0.25) is 5.02 Å². The normalized spacial score (nSPS) is 11.8. The number of nitrogens with one attached hydrogen (secondary N) is 1. The van der Waals surface area contributed by atoms with Gasteiger partial charge in [0.25, 0.3) is 0 Å². The average Bonchev–Trinajstić information content (AvgIpc) is 2.49. The van der Waals surface area contributed by atoms with E-state index < -0.39 is 28.9 Å². The molecule has 0 bridgehead atoms. The Bertz CT molecular complexity index is 927.